The number of aromatic nitrogens is 2. The summed E-state index contributed by atoms with van der Waals surface area (Å²) in [5, 5.41) is 9.52. The predicted molar refractivity (Wildman–Crippen MR) is 151 cm³/mol. The summed E-state index contributed by atoms with van der Waals surface area (Å²) in [5.74, 6) is -0.231. The number of anilines is 4. The number of carbonyl (C=O) groups is 1. The van der Waals surface area contributed by atoms with Crippen LogP contribution < -0.4 is 15.5 Å². The fourth-order valence-electron chi connectivity index (χ4n) is 3.98. The van der Waals surface area contributed by atoms with Crippen LogP contribution in [0.5, 0.6) is 0 Å². The topological polar surface area (TPSA) is 83.7 Å². The number of nitrogens with one attached hydrogen (secondary N) is 2. The van der Waals surface area contributed by atoms with Crippen LogP contribution in [-0.2, 0) is 4.74 Å². The van der Waals surface area contributed by atoms with E-state index in [0.717, 1.165) is 41.4 Å². The fraction of sp³-hybridized carbons (Fsp3) is 0.185. The number of thiazole rings is 1. The Morgan fingerprint density at radius 3 is 2.70 bits per heavy atom. The zero-order valence-corrected chi connectivity index (χ0v) is 21.7. The standard InChI is InChI=1S/C27H24N6O2S2/c1-28-19-5-7-20(8-6-19)30-21-14-18(15-22(16-21)33-10-12-35-13-11-33)24-17-37-27(31-24)32-25(34)23-4-3-9-29-26(23)36-2/h3-9,14-17,30H,10-13H2,2H3,(H,31,32,34). The van der Waals surface area contributed by atoms with Crippen LogP contribution in [0.15, 0.2) is 71.2 Å². The molecule has 2 N–H and O–H groups in total. The highest BCUT2D eigenvalue weighted by Gasteiger charge is 2.17. The Balaban J connectivity index is 1.42. The molecular formula is C27H24N6O2S2. The molecule has 0 bridgehead atoms. The molecule has 4 aromatic rings. The van der Waals surface area contributed by atoms with E-state index in [1.165, 1.54) is 23.1 Å². The highest BCUT2D eigenvalue weighted by atomic mass is 32.2. The number of carbonyl (C=O) groups excluding carboxylic acids is 1. The van der Waals surface area contributed by atoms with Crippen molar-refractivity contribution in [3.8, 4) is 11.3 Å². The zero-order chi connectivity index (χ0) is 25.6. The Morgan fingerprint density at radius 2 is 1.95 bits per heavy atom. The second-order valence-corrected chi connectivity index (χ2v) is 9.86. The molecule has 8 nitrogen and oxygen atoms in total. The van der Waals surface area contributed by atoms with Gasteiger partial charge >= 0.3 is 0 Å². The van der Waals surface area contributed by atoms with E-state index >= 15 is 0 Å². The summed E-state index contributed by atoms with van der Waals surface area (Å²) in [7, 11) is 0. The molecule has 2 aromatic carbocycles. The maximum atomic E-state index is 12.9. The maximum Gasteiger partial charge on any atom is 0.260 e. The van der Waals surface area contributed by atoms with E-state index < -0.39 is 0 Å². The fourth-order valence-corrected chi connectivity index (χ4v) is 5.24. The summed E-state index contributed by atoms with van der Waals surface area (Å²) in [4.78, 5) is 27.6. The van der Waals surface area contributed by atoms with Gasteiger partial charge in [0.1, 0.15) is 5.03 Å². The van der Waals surface area contributed by atoms with Crippen molar-refractivity contribution in [2.24, 2.45) is 0 Å². The quantitative estimate of drug-likeness (QED) is 0.215. The molecule has 0 saturated carbocycles. The van der Waals surface area contributed by atoms with Gasteiger partial charge in [-0.05, 0) is 48.7 Å². The van der Waals surface area contributed by atoms with E-state index in [-0.39, 0.29) is 5.91 Å². The van der Waals surface area contributed by atoms with Gasteiger partial charge in [-0.3, -0.25) is 10.1 Å². The number of nitrogens with zero attached hydrogens (tertiary/aromatic N) is 4. The average Bonchev–Trinajstić information content (AvgIpc) is 3.42. The number of rotatable bonds is 7. The molecule has 5 rings (SSSR count). The van der Waals surface area contributed by atoms with Crippen molar-refractivity contribution in [3.63, 3.8) is 0 Å². The van der Waals surface area contributed by atoms with Crippen LogP contribution in [0.3, 0.4) is 0 Å². The van der Waals surface area contributed by atoms with Gasteiger partial charge < -0.3 is 15.0 Å². The van der Waals surface area contributed by atoms with Gasteiger partial charge in [-0.1, -0.05) is 12.1 Å². The summed E-state index contributed by atoms with van der Waals surface area (Å²) in [6, 6.07) is 17.2. The molecule has 3 heterocycles. The van der Waals surface area contributed by atoms with E-state index in [9.17, 15) is 4.79 Å². The van der Waals surface area contributed by atoms with Gasteiger partial charge in [0.25, 0.3) is 5.91 Å². The van der Waals surface area contributed by atoms with Gasteiger partial charge in [0, 0.05) is 47.3 Å². The summed E-state index contributed by atoms with van der Waals surface area (Å²) in [6.45, 7) is 10.2. The maximum absolute atomic E-state index is 12.9. The molecule has 1 aliphatic rings. The van der Waals surface area contributed by atoms with E-state index in [1.54, 1.807) is 30.5 Å². The molecule has 2 aromatic heterocycles. The number of hydrogen-bond acceptors (Lipinski definition) is 8. The molecule has 37 heavy (non-hydrogen) atoms. The molecule has 0 unspecified atom stereocenters. The van der Waals surface area contributed by atoms with Crippen LogP contribution in [0.2, 0.25) is 0 Å². The Labute approximate surface area is 223 Å². The van der Waals surface area contributed by atoms with Gasteiger partial charge in [-0.25, -0.2) is 14.8 Å². The predicted octanol–water partition coefficient (Wildman–Crippen LogP) is 6.31. The van der Waals surface area contributed by atoms with E-state index in [4.69, 9.17) is 16.3 Å². The average molecular weight is 529 g/mol. The third-order valence-corrected chi connectivity index (χ3v) is 7.28. The summed E-state index contributed by atoms with van der Waals surface area (Å²) >= 11 is 2.82. The van der Waals surface area contributed by atoms with Crippen molar-refractivity contribution in [3.05, 3.63) is 83.2 Å². The Kier molecular flexibility index (Phi) is 7.65. The van der Waals surface area contributed by atoms with Crippen molar-refractivity contribution in [2.45, 2.75) is 5.03 Å². The third-order valence-electron chi connectivity index (χ3n) is 5.81. The van der Waals surface area contributed by atoms with Crippen LogP contribution in [0, 0.1) is 6.57 Å². The number of ether oxygens (including phenoxy) is 1. The van der Waals surface area contributed by atoms with Gasteiger partial charge in [0.15, 0.2) is 10.8 Å². The van der Waals surface area contributed by atoms with Crippen LogP contribution in [0.25, 0.3) is 16.1 Å². The van der Waals surface area contributed by atoms with Crippen LogP contribution >= 0.6 is 23.1 Å². The molecule has 0 aliphatic carbocycles. The Bertz CT molecular complexity index is 1440. The Hall–Kier alpha value is -3.91. The largest absolute Gasteiger partial charge is 0.378 e. The van der Waals surface area contributed by atoms with Crippen LogP contribution in [0.4, 0.5) is 27.9 Å². The highest BCUT2D eigenvalue weighted by molar-refractivity contribution is 7.98. The summed E-state index contributed by atoms with van der Waals surface area (Å²) in [6.07, 6.45) is 3.57. The number of hydrogen-bond donors (Lipinski definition) is 2. The molecular weight excluding hydrogens is 504 g/mol. The van der Waals surface area contributed by atoms with Crippen molar-refractivity contribution in [2.75, 3.05) is 48.1 Å². The van der Waals surface area contributed by atoms with Crippen molar-refractivity contribution in [1.29, 1.82) is 0 Å². The minimum absolute atomic E-state index is 0.231. The molecule has 0 radical (unpaired) electrons. The summed E-state index contributed by atoms with van der Waals surface area (Å²) in [5.41, 5.74) is 5.71. The van der Waals surface area contributed by atoms with Gasteiger partial charge in [-0.2, -0.15) is 0 Å². The molecule has 0 spiro atoms. The monoisotopic (exact) mass is 528 g/mol. The molecule has 1 amide bonds. The second-order valence-electron chi connectivity index (χ2n) is 8.20. The first-order valence-corrected chi connectivity index (χ1v) is 13.7. The lowest BCUT2D eigenvalue weighted by molar-refractivity contribution is 0.102. The molecule has 186 valence electrons. The number of thioether (sulfide) groups is 1. The lowest BCUT2D eigenvalue weighted by Gasteiger charge is -2.29. The molecule has 0 atom stereocenters. The molecule has 1 aliphatic heterocycles. The molecule has 1 fully saturated rings. The molecule has 1 saturated heterocycles. The van der Waals surface area contributed by atoms with Crippen LogP contribution in [-0.4, -0.2) is 48.4 Å². The number of pyridine rings is 1. The highest BCUT2D eigenvalue weighted by Crippen LogP contribution is 2.33. The Morgan fingerprint density at radius 1 is 1.14 bits per heavy atom. The first kappa shape index (κ1) is 24.8. The zero-order valence-electron chi connectivity index (χ0n) is 20.1. The van der Waals surface area contributed by atoms with Gasteiger partial charge in [0.2, 0.25) is 0 Å². The lowest BCUT2D eigenvalue weighted by Crippen LogP contribution is -2.36. The smallest absolute Gasteiger partial charge is 0.260 e. The van der Waals surface area contributed by atoms with Crippen molar-refractivity contribution >= 4 is 56.9 Å². The van der Waals surface area contributed by atoms with Gasteiger partial charge in [0.05, 0.1) is 31.0 Å². The lowest BCUT2D eigenvalue weighted by atomic mass is 10.1. The SMILES string of the molecule is [C-]#[N+]c1ccc(Nc2cc(-c3csc(NC(=O)c4cccnc4SC)n3)cc(N3CCOCC3)c2)cc1. The first-order valence-electron chi connectivity index (χ1n) is 11.6. The number of morpholine rings is 1. The van der Waals surface area contributed by atoms with E-state index in [2.05, 4.69) is 37.5 Å². The number of benzene rings is 2. The van der Waals surface area contributed by atoms with E-state index in [0.29, 0.717) is 34.6 Å². The third kappa shape index (κ3) is 5.91. The normalized spacial score (nSPS) is 13.1. The minimum atomic E-state index is -0.231. The minimum Gasteiger partial charge on any atom is -0.378 e. The molecule has 10 heteroatoms. The first-order chi connectivity index (χ1) is 18.1. The van der Waals surface area contributed by atoms with Gasteiger partial charge in [-0.15, -0.1) is 23.1 Å². The second kappa shape index (κ2) is 11.4. The van der Waals surface area contributed by atoms with E-state index in [1.807, 2.05) is 29.8 Å². The van der Waals surface area contributed by atoms with Crippen molar-refractivity contribution in [1.82, 2.24) is 9.97 Å². The van der Waals surface area contributed by atoms with Crippen molar-refractivity contribution < 1.29 is 9.53 Å². The summed E-state index contributed by atoms with van der Waals surface area (Å²) < 4.78 is 5.54. The van der Waals surface area contributed by atoms with Crippen LogP contribution in [0.1, 0.15) is 10.4 Å². The number of amides is 1.